The fraction of sp³-hybridized carbons (Fsp3) is 0.250. The van der Waals surface area contributed by atoms with Crippen LogP contribution in [0.4, 0.5) is 4.39 Å². The molecule has 24 heavy (non-hydrogen) atoms. The van der Waals surface area contributed by atoms with Gasteiger partial charge in [-0.1, -0.05) is 24.3 Å². The quantitative estimate of drug-likeness (QED) is 0.648. The van der Waals surface area contributed by atoms with E-state index in [1.807, 2.05) is 6.26 Å². The molecule has 0 spiro atoms. The van der Waals surface area contributed by atoms with Gasteiger partial charge in [0.25, 0.3) is 0 Å². The van der Waals surface area contributed by atoms with Crippen molar-refractivity contribution in [1.82, 2.24) is 4.72 Å². The molecular weight excluding hydrogens is 353 g/mol. The molecule has 130 valence electrons. The third-order valence-electron chi connectivity index (χ3n) is 3.47. The second kappa shape index (κ2) is 8.09. The standard InChI is InChI=1S/C16H18FNO4S2/c1-23-12-8-6-11(7-9-12)16(20)14(10-19)18-24(21,22)15-5-3-2-4-13(15)17/h2-9,14,16,18-20H,10H2,1H3/t14-,16-/m0/s1. The zero-order valence-electron chi connectivity index (χ0n) is 12.9. The van der Waals surface area contributed by atoms with Crippen LogP contribution in [-0.4, -0.2) is 37.5 Å². The summed E-state index contributed by atoms with van der Waals surface area (Å²) < 4.78 is 40.4. The topological polar surface area (TPSA) is 86.6 Å². The van der Waals surface area contributed by atoms with E-state index in [-0.39, 0.29) is 0 Å². The van der Waals surface area contributed by atoms with Crippen LogP contribution < -0.4 is 4.72 Å². The van der Waals surface area contributed by atoms with Gasteiger partial charge in [0.05, 0.1) is 18.8 Å². The van der Waals surface area contributed by atoms with E-state index in [1.54, 1.807) is 24.3 Å². The van der Waals surface area contributed by atoms with Crippen LogP contribution in [0.25, 0.3) is 0 Å². The Morgan fingerprint density at radius 2 is 1.79 bits per heavy atom. The van der Waals surface area contributed by atoms with Gasteiger partial charge in [-0.05, 0) is 36.1 Å². The Labute approximate surface area is 144 Å². The largest absolute Gasteiger partial charge is 0.395 e. The third-order valence-corrected chi connectivity index (χ3v) is 5.73. The van der Waals surface area contributed by atoms with Crippen LogP contribution in [0, 0.1) is 5.82 Å². The second-order valence-electron chi connectivity index (χ2n) is 5.06. The van der Waals surface area contributed by atoms with Gasteiger partial charge in [-0.3, -0.25) is 0 Å². The summed E-state index contributed by atoms with van der Waals surface area (Å²) >= 11 is 1.53. The first kappa shape index (κ1) is 18.9. The Bertz CT molecular complexity index is 781. The van der Waals surface area contributed by atoms with Gasteiger partial charge in [0, 0.05) is 4.90 Å². The van der Waals surface area contributed by atoms with Gasteiger partial charge in [0.2, 0.25) is 10.0 Å². The average Bonchev–Trinajstić information content (AvgIpc) is 2.59. The highest BCUT2D eigenvalue weighted by molar-refractivity contribution is 7.98. The molecule has 0 radical (unpaired) electrons. The van der Waals surface area contributed by atoms with Gasteiger partial charge >= 0.3 is 0 Å². The molecule has 0 saturated carbocycles. The number of thioether (sulfide) groups is 1. The van der Waals surface area contributed by atoms with E-state index in [9.17, 15) is 23.0 Å². The van der Waals surface area contributed by atoms with Crippen molar-refractivity contribution in [3.63, 3.8) is 0 Å². The maximum Gasteiger partial charge on any atom is 0.243 e. The molecule has 0 aliphatic rings. The smallest absolute Gasteiger partial charge is 0.243 e. The number of hydrogen-bond acceptors (Lipinski definition) is 5. The van der Waals surface area contributed by atoms with E-state index in [0.29, 0.717) is 5.56 Å². The lowest BCUT2D eigenvalue weighted by Crippen LogP contribution is -2.42. The van der Waals surface area contributed by atoms with Crippen molar-refractivity contribution in [3.05, 3.63) is 59.9 Å². The van der Waals surface area contributed by atoms with Crippen molar-refractivity contribution >= 4 is 21.8 Å². The van der Waals surface area contributed by atoms with Gasteiger partial charge in [0.1, 0.15) is 10.7 Å². The number of sulfonamides is 1. The van der Waals surface area contributed by atoms with Gasteiger partial charge < -0.3 is 10.2 Å². The van der Waals surface area contributed by atoms with Crippen molar-refractivity contribution < 1.29 is 23.0 Å². The molecule has 8 heteroatoms. The fourth-order valence-electron chi connectivity index (χ4n) is 2.16. The molecule has 0 aliphatic heterocycles. The lowest BCUT2D eigenvalue weighted by molar-refractivity contribution is 0.101. The zero-order valence-corrected chi connectivity index (χ0v) is 14.5. The number of hydrogen-bond donors (Lipinski definition) is 3. The van der Waals surface area contributed by atoms with E-state index in [4.69, 9.17) is 0 Å². The first-order valence-corrected chi connectivity index (χ1v) is 9.79. The molecule has 0 fully saturated rings. The number of benzene rings is 2. The van der Waals surface area contributed by atoms with E-state index >= 15 is 0 Å². The first-order valence-electron chi connectivity index (χ1n) is 7.09. The number of halogens is 1. The van der Waals surface area contributed by atoms with Crippen LogP contribution in [0.1, 0.15) is 11.7 Å². The predicted octanol–water partition coefficient (Wildman–Crippen LogP) is 1.92. The van der Waals surface area contributed by atoms with Crippen LogP contribution in [0.3, 0.4) is 0 Å². The van der Waals surface area contributed by atoms with Crippen molar-refractivity contribution in [3.8, 4) is 0 Å². The monoisotopic (exact) mass is 371 g/mol. The first-order chi connectivity index (χ1) is 11.4. The molecular formula is C16H18FNO4S2. The van der Waals surface area contributed by atoms with Crippen LogP contribution in [0.5, 0.6) is 0 Å². The zero-order chi connectivity index (χ0) is 17.7. The Morgan fingerprint density at radius 1 is 1.17 bits per heavy atom. The van der Waals surface area contributed by atoms with Crippen LogP contribution in [0.2, 0.25) is 0 Å². The SMILES string of the molecule is CSc1ccc([C@H](O)[C@H](CO)NS(=O)(=O)c2ccccc2F)cc1. The van der Waals surface area contributed by atoms with Crippen LogP contribution >= 0.6 is 11.8 Å². The maximum atomic E-state index is 13.7. The molecule has 0 aliphatic carbocycles. The van der Waals surface area contributed by atoms with Crippen molar-refractivity contribution in [1.29, 1.82) is 0 Å². The summed E-state index contributed by atoms with van der Waals surface area (Å²) in [6.07, 6.45) is 0.636. The summed E-state index contributed by atoms with van der Waals surface area (Å²) in [4.78, 5) is 0.451. The fourth-order valence-corrected chi connectivity index (χ4v) is 3.88. The summed E-state index contributed by atoms with van der Waals surface area (Å²) in [5, 5.41) is 19.8. The minimum atomic E-state index is -4.22. The highest BCUT2D eigenvalue weighted by atomic mass is 32.2. The Balaban J connectivity index is 2.23. The average molecular weight is 371 g/mol. The van der Waals surface area contributed by atoms with E-state index in [2.05, 4.69) is 4.72 Å². The minimum Gasteiger partial charge on any atom is -0.395 e. The van der Waals surface area contributed by atoms with E-state index in [0.717, 1.165) is 17.0 Å². The molecule has 5 nitrogen and oxygen atoms in total. The highest BCUT2D eigenvalue weighted by Gasteiger charge is 2.28. The summed E-state index contributed by atoms with van der Waals surface area (Å²) in [6.45, 7) is -0.640. The molecule has 0 amide bonds. The lowest BCUT2D eigenvalue weighted by Gasteiger charge is -2.22. The molecule has 2 rings (SSSR count). The molecule has 0 bridgehead atoms. The molecule has 0 saturated heterocycles. The molecule has 2 aromatic rings. The van der Waals surface area contributed by atoms with Crippen molar-refractivity contribution in [2.45, 2.75) is 21.9 Å². The van der Waals surface area contributed by atoms with Crippen LogP contribution in [0.15, 0.2) is 58.3 Å². The number of aliphatic hydroxyl groups excluding tert-OH is 2. The highest BCUT2D eigenvalue weighted by Crippen LogP contribution is 2.23. The van der Waals surface area contributed by atoms with Gasteiger partial charge in [-0.25, -0.2) is 17.5 Å². The van der Waals surface area contributed by atoms with Crippen molar-refractivity contribution in [2.75, 3.05) is 12.9 Å². The Hall–Kier alpha value is -1.45. The van der Waals surface area contributed by atoms with E-state index < -0.39 is 39.5 Å². The normalized spacial score (nSPS) is 14.3. The molecule has 3 N–H and O–H groups in total. The molecule has 0 heterocycles. The molecule has 2 aromatic carbocycles. The van der Waals surface area contributed by atoms with Gasteiger partial charge in [-0.15, -0.1) is 11.8 Å². The molecule has 0 unspecified atom stereocenters. The number of aliphatic hydroxyl groups is 2. The molecule has 0 aromatic heterocycles. The summed E-state index contributed by atoms with van der Waals surface area (Å²) in [6, 6.07) is 10.6. The summed E-state index contributed by atoms with van der Waals surface area (Å²) in [5.74, 6) is -0.902. The second-order valence-corrected chi connectivity index (χ2v) is 7.62. The summed E-state index contributed by atoms with van der Waals surface area (Å²) in [7, 11) is -4.22. The third kappa shape index (κ3) is 4.34. The van der Waals surface area contributed by atoms with Gasteiger partial charge in [0.15, 0.2) is 0 Å². The lowest BCUT2D eigenvalue weighted by atomic mass is 10.0. The minimum absolute atomic E-state index is 0.447. The molecule has 2 atom stereocenters. The maximum absolute atomic E-state index is 13.7. The number of nitrogens with one attached hydrogen (secondary N) is 1. The summed E-state index contributed by atoms with van der Waals surface area (Å²) in [5.41, 5.74) is 0.447. The number of rotatable bonds is 7. The van der Waals surface area contributed by atoms with Crippen molar-refractivity contribution in [2.24, 2.45) is 0 Å². The Morgan fingerprint density at radius 3 is 2.33 bits per heavy atom. The van der Waals surface area contributed by atoms with E-state index in [1.165, 1.54) is 23.9 Å². The predicted molar refractivity (Wildman–Crippen MR) is 90.8 cm³/mol. The van der Waals surface area contributed by atoms with Crippen LogP contribution in [-0.2, 0) is 10.0 Å². The van der Waals surface area contributed by atoms with Gasteiger partial charge in [-0.2, -0.15) is 0 Å². The Kier molecular flexibility index (Phi) is 6.36.